The van der Waals surface area contributed by atoms with Gasteiger partial charge in [0.05, 0.1) is 17.5 Å². The number of alkyl halides is 3. The van der Waals surface area contributed by atoms with E-state index in [4.69, 9.17) is 0 Å². The molecule has 0 amide bonds. The smallest absolute Gasteiger partial charge is 0.351 e. The molecule has 4 rings (SSSR count). The van der Waals surface area contributed by atoms with Crippen molar-refractivity contribution in [3.05, 3.63) is 42.4 Å². The van der Waals surface area contributed by atoms with Crippen LogP contribution < -0.4 is 4.90 Å². The zero-order chi connectivity index (χ0) is 18.3. The van der Waals surface area contributed by atoms with E-state index in [0.29, 0.717) is 22.7 Å². The Morgan fingerprint density at radius 2 is 1.85 bits per heavy atom. The Bertz CT molecular complexity index is 928. The van der Waals surface area contributed by atoms with Crippen LogP contribution in [0.3, 0.4) is 0 Å². The van der Waals surface area contributed by atoms with Gasteiger partial charge in [-0.1, -0.05) is 12.1 Å². The quantitative estimate of drug-likeness (QED) is 0.701. The van der Waals surface area contributed by atoms with Crippen LogP contribution in [0.5, 0.6) is 0 Å². The lowest BCUT2D eigenvalue weighted by Crippen LogP contribution is -2.45. The van der Waals surface area contributed by atoms with Crippen LogP contribution in [0.1, 0.15) is 5.56 Å². The lowest BCUT2D eigenvalue weighted by atomic mass is 10.1. The molecule has 1 saturated heterocycles. The van der Waals surface area contributed by atoms with E-state index in [0.717, 1.165) is 38.3 Å². The number of aromatic nitrogens is 4. The maximum atomic E-state index is 13.0. The number of anilines is 1. The van der Waals surface area contributed by atoms with Crippen molar-refractivity contribution < 1.29 is 13.2 Å². The third-order valence-corrected chi connectivity index (χ3v) is 4.60. The van der Waals surface area contributed by atoms with Crippen LogP contribution in [0.25, 0.3) is 16.9 Å². The Kier molecular flexibility index (Phi) is 4.03. The number of rotatable bonds is 2. The standard InChI is InChI=1S/C17H17F3N6/c1-24-5-7-25(8-6-24)15-16-23-22-11-26(16)14(10-21-15)12-3-2-4-13(9-12)17(18,19)20/h2-4,9-11H,5-8H2,1H3. The first-order chi connectivity index (χ1) is 12.4. The first kappa shape index (κ1) is 16.8. The molecule has 2 aromatic heterocycles. The predicted molar refractivity (Wildman–Crippen MR) is 90.9 cm³/mol. The molecular weight excluding hydrogens is 345 g/mol. The lowest BCUT2D eigenvalue weighted by Gasteiger charge is -2.33. The summed E-state index contributed by atoms with van der Waals surface area (Å²) in [6, 6.07) is 5.19. The van der Waals surface area contributed by atoms with Crippen LogP contribution in [0.4, 0.5) is 19.0 Å². The summed E-state index contributed by atoms with van der Waals surface area (Å²) in [5.74, 6) is 0.700. The van der Waals surface area contributed by atoms with Crippen LogP contribution >= 0.6 is 0 Å². The number of benzene rings is 1. The van der Waals surface area contributed by atoms with Gasteiger partial charge in [0.1, 0.15) is 6.33 Å². The van der Waals surface area contributed by atoms with Gasteiger partial charge in [-0.25, -0.2) is 4.98 Å². The molecule has 0 aliphatic carbocycles. The second-order valence-corrected chi connectivity index (χ2v) is 6.36. The second kappa shape index (κ2) is 6.24. The molecule has 9 heteroatoms. The average molecular weight is 362 g/mol. The van der Waals surface area contributed by atoms with Crippen molar-refractivity contribution in [1.29, 1.82) is 0 Å². The largest absolute Gasteiger partial charge is 0.416 e. The average Bonchev–Trinajstić information content (AvgIpc) is 3.11. The van der Waals surface area contributed by atoms with Gasteiger partial charge in [0.2, 0.25) is 5.65 Å². The molecule has 6 nitrogen and oxygen atoms in total. The van der Waals surface area contributed by atoms with Crippen LogP contribution in [-0.4, -0.2) is 57.7 Å². The minimum atomic E-state index is -4.39. The summed E-state index contributed by atoms with van der Waals surface area (Å²) < 4.78 is 40.7. The summed E-state index contributed by atoms with van der Waals surface area (Å²) in [5, 5.41) is 8.09. The summed E-state index contributed by atoms with van der Waals surface area (Å²) in [6.07, 6.45) is -1.30. The third kappa shape index (κ3) is 2.98. The summed E-state index contributed by atoms with van der Waals surface area (Å²) in [7, 11) is 2.06. The topological polar surface area (TPSA) is 49.6 Å². The molecular formula is C17H17F3N6. The molecule has 1 aliphatic rings. The van der Waals surface area contributed by atoms with E-state index < -0.39 is 11.7 Å². The first-order valence-electron chi connectivity index (χ1n) is 8.23. The molecule has 3 heterocycles. The van der Waals surface area contributed by atoms with Gasteiger partial charge >= 0.3 is 6.18 Å². The minimum Gasteiger partial charge on any atom is -0.351 e. The molecule has 1 fully saturated rings. The number of hydrogen-bond donors (Lipinski definition) is 0. The molecule has 0 spiro atoms. The van der Waals surface area contributed by atoms with Crippen molar-refractivity contribution in [2.45, 2.75) is 6.18 Å². The Morgan fingerprint density at radius 1 is 1.08 bits per heavy atom. The fourth-order valence-electron chi connectivity index (χ4n) is 3.12. The van der Waals surface area contributed by atoms with E-state index >= 15 is 0 Å². The molecule has 0 unspecified atom stereocenters. The highest BCUT2D eigenvalue weighted by molar-refractivity contribution is 5.71. The highest BCUT2D eigenvalue weighted by Crippen LogP contribution is 2.32. The number of piperazine rings is 1. The van der Waals surface area contributed by atoms with E-state index in [-0.39, 0.29) is 0 Å². The Hall–Kier alpha value is -2.68. The number of halogens is 3. The SMILES string of the molecule is CN1CCN(c2ncc(-c3cccc(C(F)(F)F)c3)n3cnnc23)CC1. The molecule has 136 valence electrons. The fraction of sp³-hybridized carbons (Fsp3) is 0.353. The highest BCUT2D eigenvalue weighted by Gasteiger charge is 2.30. The Labute approximate surface area is 147 Å². The molecule has 1 aliphatic heterocycles. The van der Waals surface area contributed by atoms with Crippen LogP contribution in [-0.2, 0) is 6.18 Å². The Morgan fingerprint density at radius 3 is 2.58 bits per heavy atom. The normalized spacial score (nSPS) is 16.4. The minimum absolute atomic E-state index is 0.419. The van der Waals surface area contributed by atoms with Gasteiger partial charge in [0.15, 0.2) is 5.82 Å². The van der Waals surface area contributed by atoms with Crippen molar-refractivity contribution >= 4 is 11.5 Å². The van der Waals surface area contributed by atoms with Gasteiger partial charge in [-0.15, -0.1) is 10.2 Å². The van der Waals surface area contributed by atoms with Gasteiger partial charge < -0.3 is 9.80 Å². The van der Waals surface area contributed by atoms with E-state index in [1.54, 1.807) is 16.7 Å². The van der Waals surface area contributed by atoms with Gasteiger partial charge in [-0.05, 0) is 19.2 Å². The number of hydrogen-bond acceptors (Lipinski definition) is 5. The van der Waals surface area contributed by atoms with E-state index in [9.17, 15) is 13.2 Å². The molecule has 0 radical (unpaired) electrons. The predicted octanol–water partition coefficient (Wildman–Crippen LogP) is 2.56. The van der Waals surface area contributed by atoms with E-state index in [1.807, 2.05) is 0 Å². The van der Waals surface area contributed by atoms with E-state index in [1.165, 1.54) is 12.4 Å². The molecule has 0 atom stereocenters. The van der Waals surface area contributed by atoms with Crippen molar-refractivity contribution in [1.82, 2.24) is 24.5 Å². The molecule has 1 aromatic carbocycles. The molecule has 0 bridgehead atoms. The van der Waals surface area contributed by atoms with Crippen molar-refractivity contribution in [3.63, 3.8) is 0 Å². The van der Waals surface area contributed by atoms with Gasteiger partial charge in [-0.2, -0.15) is 13.2 Å². The lowest BCUT2D eigenvalue weighted by molar-refractivity contribution is -0.137. The van der Waals surface area contributed by atoms with Gasteiger partial charge in [0, 0.05) is 31.7 Å². The fourth-order valence-corrected chi connectivity index (χ4v) is 3.12. The van der Waals surface area contributed by atoms with Crippen LogP contribution in [0.2, 0.25) is 0 Å². The monoisotopic (exact) mass is 362 g/mol. The highest BCUT2D eigenvalue weighted by atomic mass is 19.4. The van der Waals surface area contributed by atoms with Gasteiger partial charge in [-0.3, -0.25) is 4.40 Å². The number of fused-ring (bicyclic) bond motifs is 1. The third-order valence-electron chi connectivity index (χ3n) is 4.60. The van der Waals surface area contributed by atoms with Crippen molar-refractivity contribution in [2.24, 2.45) is 0 Å². The summed E-state index contributed by atoms with van der Waals surface area (Å²) in [6.45, 7) is 3.46. The molecule has 3 aromatic rings. The van der Waals surface area contributed by atoms with Crippen molar-refractivity contribution in [3.8, 4) is 11.3 Å². The molecule has 0 saturated carbocycles. The summed E-state index contributed by atoms with van der Waals surface area (Å²) in [5.41, 5.74) is 0.792. The maximum absolute atomic E-state index is 13.0. The Balaban J connectivity index is 1.77. The molecule has 26 heavy (non-hydrogen) atoms. The number of nitrogens with zero attached hydrogens (tertiary/aromatic N) is 6. The second-order valence-electron chi connectivity index (χ2n) is 6.36. The van der Waals surface area contributed by atoms with Crippen LogP contribution in [0, 0.1) is 0 Å². The van der Waals surface area contributed by atoms with Crippen molar-refractivity contribution in [2.75, 3.05) is 38.1 Å². The number of likely N-dealkylation sites (N-methyl/N-ethyl adjacent to an activating group) is 1. The zero-order valence-electron chi connectivity index (χ0n) is 14.1. The zero-order valence-corrected chi connectivity index (χ0v) is 14.1. The van der Waals surface area contributed by atoms with E-state index in [2.05, 4.69) is 32.0 Å². The first-order valence-corrected chi connectivity index (χ1v) is 8.23. The summed E-state index contributed by atoms with van der Waals surface area (Å²) in [4.78, 5) is 8.85. The van der Waals surface area contributed by atoms with Crippen LogP contribution in [0.15, 0.2) is 36.8 Å². The maximum Gasteiger partial charge on any atom is 0.416 e. The molecule has 0 N–H and O–H groups in total. The van der Waals surface area contributed by atoms with Gasteiger partial charge in [0.25, 0.3) is 0 Å². The summed E-state index contributed by atoms with van der Waals surface area (Å²) >= 11 is 0.